The molecule has 10 atom stereocenters. The highest BCUT2D eigenvalue weighted by Crippen LogP contribution is 2.50. The molecular formula is C31H52N5O14PS. The quantitative estimate of drug-likeness (QED) is 0.0427. The second-order valence-electron chi connectivity index (χ2n) is 12.3. The van der Waals surface area contributed by atoms with Gasteiger partial charge in [-0.3, -0.25) is 19.1 Å². The maximum absolute atomic E-state index is 12.6. The number of unbranched alkanes of at least 4 members (excludes halogenated alkanes) is 3. The van der Waals surface area contributed by atoms with Gasteiger partial charge in [0.15, 0.2) is 6.29 Å². The summed E-state index contributed by atoms with van der Waals surface area (Å²) in [6.07, 6.45) is 1.66. The molecule has 52 heavy (non-hydrogen) atoms. The Balaban J connectivity index is 1.37. The number of rotatable bonds is 21. The molecule has 1 aromatic rings. The van der Waals surface area contributed by atoms with Crippen LogP contribution in [0, 0.1) is 5.92 Å². The topological polar surface area (TPSA) is 261 Å². The highest BCUT2D eigenvalue weighted by molar-refractivity contribution is 8.07. The molecule has 0 aromatic carbocycles. The molecule has 2 aliphatic heterocycles. The predicted octanol–water partition coefficient (Wildman–Crippen LogP) is -0.899. The van der Waals surface area contributed by atoms with Crippen molar-refractivity contribution >= 4 is 30.5 Å². The third-order valence-corrected chi connectivity index (χ3v) is 10.1. The first-order valence-corrected chi connectivity index (χ1v) is 19.6. The molecule has 0 aliphatic carbocycles. The fraction of sp³-hybridized carbons (Fsp3) is 0.742. The fourth-order valence-corrected chi connectivity index (χ4v) is 6.83. The van der Waals surface area contributed by atoms with Gasteiger partial charge >= 0.3 is 18.4 Å². The van der Waals surface area contributed by atoms with Crippen molar-refractivity contribution in [1.82, 2.24) is 25.5 Å². The third-order valence-electron chi connectivity index (χ3n) is 8.46. The number of ether oxygens (including phenoxy) is 4. The molecule has 2 saturated heterocycles. The number of amides is 3. The maximum atomic E-state index is 12.6. The van der Waals surface area contributed by atoms with Crippen molar-refractivity contribution in [2.75, 3.05) is 47.1 Å². The molecule has 2 unspecified atom stereocenters. The van der Waals surface area contributed by atoms with Crippen LogP contribution in [0.25, 0.3) is 0 Å². The van der Waals surface area contributed by atoms with Crippen LogP contribution in [0.4, 0.5) is 4.79 Å². The second kappa shape index (κ2) is 21.9. The van der Waals surface area contributed by atoms with Crippen molar-refractivity contribution in [3.05, 3.63) is 45.3 Å². The van der Waals surface area contributed by atoms with Crippen LogP contribution in [-0.2, 0) is 44.6 Å². The molecule has 3 amide bonds. The van der Waals surface area contributed by atoms with E-state index in [4.69, 9.17) is 39.8 Å². The standard InChI is InChI=1S/C31H52N5O14PS/c1-19(38)34-24-26(41)25(40)21(17-37)49-29(24)47-16-10-9-14-33-30(42)32-13-8-6-4-5-7-11-20-27(50-51(44,52)46-3)22(18-45-2)48-28(20)36-15-12-23(39)35-31(36)43/h5,7,12,15,20-22,24-29,37,40-41H,4,6,8-11,13-14,16-18H2,1-3H3,(H,34,38)(H,44,52)(H2,32,33,42)(H,35,39,43)/b7-5+/t20-,21+,22+,24+,25-,26+,27?,28+,29+,51?/m0/s1. The number of nitrogens with zero attached hydrogens (tertiary/aromatic N) is 1. The van der Waals surface area contributed by atoms with Gasteiger partial charge in [0, 0.05) is 59.0 Å². The Morgan fingerprint density at radius 1 is 1.06 bits per heavy atom. The van der Waals surface area contributed by atoms with E-state index >= 15 is 0 Å². The number of aliphatic hydroxyl groups is 3. The van der Waals surface area contributed by atoms with Crippen LogP contribution in [0.3, 0.4) is 0 Å². The van der Waals surface area contributed by atoms with E-state index in [1.54, 1.807) is 0 Å². The largest absolute Gasteiger partial charge is 0.394 e. The van der Waals surface area contributed by atoms with E-state index in [1.165, 1.54) is 38.0 Å². The van der Waals surface area contributed by atoms with Crippen molar-refractivity contribution in [1.29, 1.82) is 0 Å². The van der Waals surface area contributed by atoms with Gasteiger partial charge in [-0.15, -0.1) is 0 Å². The summed E-state index contributed by atoms with van der Waals surface area (Å²) in [7, 11) is 2.72. The van der Waals surface area contributed by atoms with Gasteiger partial charge in [0.1, 0.15) is 42.8 Å². The molecule has 0 radical (unpaired) electrons. The molecule has 8 N–H and O–H groups in total. The zero-order valence-corrected chi connectivity index (χ0v) is 31.2. The predicted molar refractivity (Wildman–Crippen MR) is 189 cm³/mol. The fourth-order valence-electron chi connectivity index (χ4n) is 5.85. The number of aliphatic hydroxyl groups excluding tert-OH is 3. The molecule has 3 heterocycles. The van der Waals surface area contributed by atoms with Gasteiger partial charge < -0.3 is 64.2 Å². The SMILES string of the molecule is COC[C@H]1O[C@@H](n2ccc(=O)[nH]c2=O)[C@@H](C/C=C/CCCCNC(=O)NCCCCO[C@@H]2O[C@H](CO)[C@H](O)[C@H](O)[C@H]2NC(C)=O)C1OP(O)(=S)OC. The number of aromatic amines is 1. The lowest BCUT2D eigenvalue weighted by Crippen LogP contribution is -2.64. The number of aromatic nitrogens is 2. The van der Waals surface area contributed by atoms with E-state index < -0.39 is 85.5 Å². The molecule has 2 aliphatic rings. The molecule has 0 spiro atoms. The summed E-state index contributed by atoms with van der Waals surface area (Å²) in [4.78, 5) is 60.6. The first-order chi connectivity index (χ1) is 24.8. The Morgan fingerprint density at radius 2 is 1.77 bits per heavy atom. The summed E-state index contributed by atoms with van der Waals surface area (Å²) in [5.74, 6) is -0.937. The van der Waals surface area contributed by atoms with Gasteiger partial charge in [0.25, 0.3) is 5.56 Å². The Kier molecular flexibility index (Phi) is 18.5. The third kappa shape index (κ3) is 13.4. The zero-order chi connectivity index (χ0) is 38.3. The van der Waals surface area contributed by atoms with Gasteiger partial charge in [0.05, 0.1) is 13.2 Å². The van der Waals surface area contributed by atoms with E-state index in [0.717, 1.165) is 6.42 Å². The van der Waals surface area contributed by atoms with E-state index in [9.17, 15) is 39.4 Å². The van der Waals surface area contributed by atoms with Gasteiger partial charge in [-0.1, -0.05) is 12.2 Å². The van der Waals surface area contributed by atoms with Gasteiger partial charge in [-0.05, 0) is 50.3 Å². The molecule has 0 bridgehead atoms. The van der Waals surface area contributed by atoms with Crippen molar-refractivity contribution in [2.24, 2.45) is 5.92 Å². The number of H-pyrrole nitrogens is 1. The summed E-state index contributed by atoms with van der Waals surface area (Å²) in [5.41, 5.74) is -1.21. The average molecular weight is 782 g/mol. The van der Waals surface area contributed by atoms with Gasteiger partial charge in [0.2, 0.25) is 5.91 Å². The molecular weight excluding hydrogens is 729 g/mol. The van der Waals surface area contributed by atoms with Gasteiger partial charge in [-0.25, -0.2) is 9.59 Å². The first kappa shape index (κ1) is 43.8. The first-order valence-electron chi connectivity index (χ1n) is 17.0. The molecule has 2 fully saturated rings. The lowest BCUT2D eigenvalue weighted by molar-refractivity contribution is -0.270. The van der Waals surface area contributed by atoms with E-state index in [1.807, 2.05) is 12.2 Å². The zero-order valence-electron chi connectivity index (χ0n) is 29.5. The monoisotopic (exact) mass is 781 g/mol. The smallest absolute Gasteiger partial charge is 0.330 e. The Morgan fingerprint density at radius 3 is 2.40 bits per heavy atom. The summed E-state index contributed by atoms with van der Waals surface area (Å²) in [6, 6.07) is -0.117. The summed E-state index contributed by atoms with van der Waals surface area (Å²) >= 11 is 5.09. The Hall–Kier alpha value is -2.59. The minimum absolute atomic E-state index is 0.0928. The minimum atomic E-state index is -3.61. The van der Waals surface area contributed by atoms with Crippen LogP contribution in [-0.4, -0.2) is 132 Å². The maximum Gasteiger partial charge on any atom is 0.330 e. The molecule has 21 heteroatoms. The number of hydrogen-bond donors (Lipinski definition) is 8. The average Bonchev–Trinajstić information content (AvgIpc) is 3.41. The second-order valence-corrected chi connectivity index (χ2v) is 15.2. The molecule has 0 saturated carbocycles. The normalized spacial score (nSPS) is 28.8. The highest BCUT2D eigenvalue weighted by atomic mass is 32.5. The van der Waals surface area contributed by atoms with E-state index in [0.29, 0.717) is 45.2 Å². The Bertz CT molecular complexity index is 1470. The number of urea groups is 1. The van der Waals surface area contributed by atoms with Crippen LogP contribution in [0.2, 0.25) is 0 Å². The number of methoxy groups -OCH3 is 1. The van der Waals surface area contributed by atoms with Crippen molar-refractivity contribution in [3.8, 4) is 0 Å². The van der Waals surface area contributed by atoms with Crippen molar-refractivity contribution in [3.63, 3.8) is 0 Å². The molecule has 296 valence electrons. The van der Waals surface area contributed by atoms with Crippen LogP contribution in [0.1, 0.15) is 51.7 Å². The summed E-state index contributed by atoms with van der Waals surface area (Å²) < 4.78 is 34.7. The molecule has 19 nitrogen and oxygen atoms in total. The number of hydrogen-bond acceptors (Lipinski definition) is 14. The van der Waals surface area contributed by atoms with E-state index in [2.05, 4.69) is 20.9 Å². The van der Waals surface area contributed by atoms with Crippen LogP contribution >= 0.6 is 6.72 Å². The van der Waals surface area contributed by atoms with Crippen LogP contribution < -0.4 is 27.2 Å². The number of carbonyl (C=O) groups is 2. The molecule has 1 aromatic heterocycles. The van der Waals surface area contributed by atoms with Crippen molar-refractivity contribution in [2.45, 2.75) is 94.5 Å². The number of carbonyl (C=O) groups excluding carboxylic acids is 2. The lowest BCUT2D eigenvalue weighted by Gasteiger charge is -2.42. The molecule has 3 rings (SSSR count). The van der Waals surface area contributed by atoms with Crippen LogP contribution in [0.5, 0.6) is 0 Å². The number of allylic oxidation sites excluding steroid dienone is 2. The minimum Gasteiger partial charge on any atom is -0.394 e. The van der Waals surface area contributed by atoms with Gasteiger partial charge in [-0.2, -0.15) is 0 Å². The van der Waals surface area contributed by atoms with E-state index in [-0.39, 0.29) is 19.2 Å². The van der Waals surface area contributed by atoms with Crippen LogP contribution in [0.15, 0.2) is 34.0 Å². The summed E-state index contributed by atoms with van der Waals surface area (Å²) in [6.45, 7) is -1.78. The lowest BCUT2D eigenvalue weighted by atomic mass is 9.95. The highest BCUT2D eigenvalue weighted by Gasteiger charge is 2.48. The number of nitrogens with one attached hydrogen (secondary N) is 4. The van der Waals surface area contributed by atoms with Crippen molar-refractivity contribution < 1.29 is 57.8 Å². The summed E-state index contributed by atoms with van der Waals surface area (Å²) in [5, 5.41) is 37.9. The Labute approximate surface area is 306 Å².